The molecule has 4 aliphatic carbocycles. The number of nitrogens with zero attached hydrogens (tertiary/aromatic N) is 1. The number of carbonyl (C=O) groups is 1. The molecule has 0 saturated heterocycles. The Bertz CT molecular complexity index is 918. The molecule has 2 saturated carbocycles. The summed E-state index contributed by atoms with van der Waals surface area (Å²) in [5, 5.41) is 0. The molecule has 0 spiro atoms. The van der Waals surface area contributed by atoms with Crippen LogP contribution in [0.15, 0.2) is 42.3 Å². The summed E-state index contributed by atoms with van der Waals surface area (Å²) in [7, 11) is 0. The number of allylic oxidation sites excluding steroid dienone is 3. The molecule has 4 aliphatic rings. The molecule has 3 heteroatoms. The van der Waals surface area contributed by atoms with E-state index in [0.717, 1.165) is 49.9 Å². The Kier molecular flexibility index (Phi) is 5.80. The Morgan fingerprint density at radius 3 is 2.75 bits per heavy atom. The Labute approximate surface area is 193 Å². The van der Waals surface area contributed by atoms with Crippen LogP contribution in [0.25, 0.3) is 5.57 Å². The fraction of sp³-hybridized carbons (Fsp3) is 0.655. The number of esters is 1. The monoisotopic (exact) mass is 433 g/mol. The van der Waals surface area contributed by atoms with E-state index in [2.05, 4.69) is 56.2 Å². The molecule has 32 heavy (non-hydrogen) atoms. The van der Waals surface area contributed by atoms with E-state index >= 15 is 0 Å². The van der Waals surface area contributed by atoms with Crippen LogP contribution in [0.3, 0.4) is 0 Å². The van der Waals surface area contributed by atoms with Gasteiger partial charge in [-0.25, -0.2) is 0 Å². The lowest BCUT2D eigenvalue weighted by molar-refractivity contribution is -0.151. The minimum atomic E-state index is 0.00290. The lowest BCUT2D eigenvalue weighted by Crippen LogP contribution is -2.50. The van der Waals surface area contributed by atoms with Gasteiger partial charge in [0.2, 0.25) is 0 Å². The zero-order chi connectivity index (χ0) is 22.3. The Morgan fingerprint density at radius 2 is 1.97 bits per heavy atom. The van der Waals surface area contributed by atoms with Crippen molar-refractivity contribution in [2.75, 3.05) is 0 Å². The first kappa shape index (κ1) is 21.9. The maximum absolute atomic E-state index is 12.2. The Hall–Kier alpha value is -1.90. The van der Waals surface area contributed by atoms with E-state index in [4.69, 9.17) is 4.74 Å². The van der Waals surface area contributed by atoms with E-state index in [1.807, 2.05) is 6.20 Å². The van der Waals surface area contributed by atoms with Crippen LogP contribution >= 0.6 is 0 Å². The van der Waals surface area contributed by atoms with Gasteiger partial charge in [-0.3, -0.25) is 9.78 Å². The standard InChI is InChI=1S/C29H39NO2/c1-4-5-8-27(31)32-22-13-15-28(2)21(18-22)9-10-23-25-12-11-24(20-7-6-17-30-19-20)29(25,3)16-14-26(23)28/h6-7,9,11,17,19,22-23,25-26H,4-5,8,10,12-16,18H2,1-3H3. The number of aromatic nitrogens is 1. The molecule has 2 fully saturated rings. The van der Waals surface area contributed by atoms with Gasteiger partial charge in [-0.2, -0.15) is 0 Å². The van der Waals surface area contributed by atoms with E-state index in [9.17, 15) is 4.79 Å². The zero-order valence-corrected chi connectivity index (χ0v) is 20.1. The van der Waals surface area contributed by atoms with E-state index in [-0.39, 0.29) is 22.9 Å². The largest absolute Gasteiger partial charge is 0.462 e. The third-order valence-corrected chi connectivity index (χ3v) is 9.64. The molecule has 6 unspecified atom stereocenters. The van der Waals surface area contributed by atoms with Crippen LogP contribution in [0, 0.1) is 28.6 Å². The summed E-state index contributed by atoms with van der Waals surface area (Å²) < 4.78 is 5.88. The summed E-state index contributed by atoms with van der Waals surface area (Å²) in [5.74, 6) is 2.26. The first-order valence-corrected chi connectivity index (χ1v) is 13.0. The first-order chi connectivity index (χ1) is 15.5. The third kappa shape index (κ3) is 3.56. The van der Waals surface area contributed by atoms with Crippen LogP contribution < -0.4 is 0 Å². The van der Waals surface area contributed by atoms with Crippen LogP contribution in [-0.4, -0.2) is 17.1 Å². The van der Waals surface area contributed by atoms with E-state index in [0.29, 0.717) is 6.42 Å². The average Bonchev–Trinajstić information content (AvgIpc) is 3.16. The van der Waals surface area contributed by atoms with Crippen molar-refractivity contribution in [3.8, 4) is 0 Å². The molecule has 0 aliphatic heterocycles. The smallest absolute Gasteiger partial charge is 0.306 e. The topological polar surface area (TPSA) is 39.2 Å². The van der Waals surface area contributed by atoms with Crippen molar-refractivity contribution in [2.45, 2.75) is 91.1 Å². The fourth-order valence-electron chi connectivity index (χ4n) is 7.83. The lowest BCUT2D eigenvalue weighted by atomic mass is 9.47. The molecule has 172 valence electrons. The fourth-order valence-corrected chi connectivity index (χ4v) is 7.83. The Balaban J connectivity index is 1.32. The minimum absolute atomic E-state index is 0.00290. The highest BCUT2D eigenvalue weighted by Crippen LogP contribution is 2.66. The summed E-state index contributed by atoms with van der Waals surface area (Å²) in [5.41, 5.74) is 5.00. The number of pyridine rings is 1. The van der Waals surface area contributed by atoms with Crippen LogP contribution in [0.5, 0.6) is 0 Å². The van der Waals surface area contributed by atoms with E-state index < -0.39 is 0 Å². The second-order valence-corrected chi connectivity index (χ2v) is 11.3. The van der Waals surface area contributed by atoms with Crippen molar-refractivity contribution >= 4 is 11.5 Å². The molecular formula is C29H39NO2. The summed E-state index contributed by atoms with van der Waals surface area (Å²) in [6.45, 7) is 7.17. The second kappa shape index (κ2) is 8.47. The number of carbonyl (C=O) groups excluding carboxylic acids is 1. The summed E-state index contributed by atoms with van der Waals surface area (Å²) in [6, 6.07) is 4.31. The van der Waals surface area contributed by atoms with Gasteiger partial charge in [0.05, 0.1) is 0 Å². The molecule has 1 aromatic heterocycles. The van der Waals surface area contributed by atoms with Crippen molar-refractivity contribution < 1.29 is 9.53 Å². The molecule has 5 rings (SSSR count). The van der Waals surface area contributed by atoms with Crippen molar-refractivity contribution in [3.63, 3.8) is 0 Å². The minimum Gasteiger partial charge on any atom is -0.462 e. The van der Waals surface area contributed by atoms with Crippen molar-refractivity contribution in [2.24, 2.45) is 28.6 Å². The maximum Gasteiger partial charge on any atom is 0.306 e. The molecule has 1 aromatic rings. The molecule has 6 atom stereocenters. The van der Waals surface area contributed by atoms with Gasteiger partial charge in [0.15, 0.2) is 0 Å². The van der Waals surface area contributed by atoms with Crippen molar-refractivity contribution in [1.82, 2.24) is 4.98 Å². The quantitative estimate of drug-likeness (QED) is 0.366. The molecule has 0 radical (unpaired) electrons. The number of fused-ring (bicyclic) bond motifs is 5. The van der Waals surface area contributed by atoms with E-state index in [1.165, 1.54) is 36.8 Å². The van der Waals surface area contributed by atoms with Crippen LogP contribution in [-0.2, 0) is 9.53 Å². The van der Waals surface area contributed by atoms with Gasteiger partial charge in [-0.05, 0) is 90.7 Å². The molecule has 0 aromatic carbocycles. The molecule has 3 nitrogen and oxygen atoms in total. The van der Waals surface area contributed by atoms with Gasteiger partial charge in [-0.1, -0.05) is 51.0 Å². The normalized spacial score (nSPS) is 38.1. The van der Waals surface area contributed by atoms with Gasteiger partial charge < -0.3 is 4.74 Å². The van der Waals surface area contributed by atoms with Gasteiger partial charge >= 0.3 is 5.97 Å². The predicted octanol–water partition coefficient (Wildman–Crippen LogP) is 7.14. The summed E-state index contributed by atoms with van der Waals surface area (Å²) in [4.78, 5) is 16.6. The Morgan fingerprint density at radius 1 is 1.12 bits per heavy atom. The lowest BCUT2D eigenvalue weighted by Gasteiger charge is -2.57. The summed E-state index contributed by atoms with van der Waals surface area (Å²) in [6.07, 6.45) is 19.8. The van der Waals surface area contributed by atoms with Crippen LogP contribution in [0.2, 0.25) is 0 Å². The van der Waals surface area contributed by atoms with E-state index in [1.54, 1.807) is 5.57 Å². The van der Waals surface area contributed by atoms with Crippen LogP contribution in [0.1, 0.15) is 90.5 Å². The molecule has 0 N–H and O–H groups in total. The number of hydrogen-bond acceptors (Lipinski definition) is 3. The SMILES string of the molecule is CCCCC(=O)OC1CCC2(C)C(=CCC3C2CCC2(C)C(c4cccnc4)=CCC32)C1. The molecular weight excluding hydrogens is 394 g/mol. The highest BCUT2D eigenvalue weighted by molar-refractivity contribution is 5.72. The van der Waals surface area contributed by atoms with Gasteiger partial charge in [0.1, 0.15) is 6.10 Å². The molecule has 1 heterocycles. The molecule has 0 bridgehead atoms. The predicted molar refractivity (Wildman–Crippen MR) is 129 cm³/mol. The number of unbranched alkanes of at least 4 members (excludes halogenated alkanes) is 1. The second-order valence-electron chi connectivity index (χ2n) is 11.3. The first-order valence-electron chi connectivity index (χ1n) is 13.0. The van der Waals surface area contributed by atoms with Crippen molar-refractivity contribution in [3.05, 3.63) is 47.8 Å². The number of ether oxygens (including phenoxy) is 1. The molecule has 0 amide bonds. The highest BCUT2D eigenvalue weighted by atomic mass is 16.5. The summed E-state index contributed by atoms with van der Waals surface area (Å²) >= 11 is 0. The zero-order valence-electron chi connectivity index (χ0n) is 20.1. The van der Waals surface area contributed by atoms with Gasteiger partial charge in [-0.15, -0.1) is 0 Å². The van der Waals surface area contributed by atoms with Crippen LogP contribution in [0.4, 0.5) is 0 Å². The van der Waals surface area contributed by atoms with Crippen molar-refractivity contribution in [1.29, 1.82) is 0 Å². The highest BCUT2D eigenvalue weighted by Gasteiger charge is 2.57. The van der Waals surface area contributed by atoms with Gasteiger partial charge in [0, 0.05) is 25.2 Å². The van der Waals surface area contributed by atoms with Gasteiger partial charge in [0.25, 0.3) is 0 Å². The third-order valence-electron chi connectivity index (χ3n) is 9.64. The average molecular weight is 434 g/mol. The number of hydrogen-bond donors (Lipinski definition) is 0. The maximum atomic E-state index is 12.2. The number of rotatable bonds is 5.